The second kappa shape index (κ2) is 5.76. The molecule has 0 atom stereocenters. The zero-order valence-corrected chi connectivity index (χ0v) is 10.0. The summed E-state index contributed by atoms with van der Waals surface area (Å²) in [6.45, 7) is -0.117. The van der Waals surface area contributed by atoms with Gasteiger partial charge in [-0.25, -0.2) is 9.78 Å². The van der Waals surface area contributed by atoms with Crippen LogP contribution in [0.3, 0.4) is 0 Å². The van der Waals surface area contributed by atoms with Crippen molar-refractivity contribution in [3.63, 3.8) is 0 Å². The fraction of sp³-hybridized carbons (Fsp3) is 0.273. The molecule has 96 valence electrons. The topological polar surface area (TPSA) is 99.6 Å². The van der Waals surface area contributed by atoms with Crippen molar-refractivity contribution >= 4 is 17.8 Å². The van der Waals surface area contributed by atoms with Crippen LogP contribution in [0.1, 0.15) is 21.0 Å². The number of nitrogens with one attached hydrogen (secondary N) is 1. The third-order valence-corrected chi connectivity index (χ3v) is 2.19. The number of pyridine rings is 1. The summed E-state index contributed by atoms with van der Waals surface area (Å²) in [6.07, 6.45) is 0. The summed E-state index contributed by atoms with van der Waals surface area (Å²) in [7, 11) is 2.90. The minimum atomic E-state index is -1.21. The van der Waals surface area contributed by atoms with Crippen molar-refractivity contribution in [2.75, 3.05) is 20.6 Å². The van der Waals surface area contributed by atoms with Crippen LogP contribution in [0.2, 0.25) is 0 Å². The molecular formula is C11H13N3O4. The second-order valence-corrected chi connectivity index (χ2v) is 3.55. The molecule has 1 aromatic rings. The first-order chi connectivity index (χ1) is 8.45. The van der Waals surface area contributed by atoms with E-state index in [1.54, 1.807) is 0 Å². The summed E-state index contributed by atoms with van der Waals surface area (Å²) in [5.74, 6) is -2.04. The van der Waals surface area contributed by atoms with Gasteiger partial charge < -0.3 is 15.3 Å². The number of likely N-dealkylation sites (N-methyl/N-ethyl adjacent to an activating group) is 2. The highest BCUT2D eigenvalue weighted by molar-refractivity contribution is 5.96. The van der Waals surface area contributed by atoms with Crippen LogP contribution < -0.4 is 5.32 Å². The number of hydrogen-bond acceptors (Lipinski definition) is 4. The van der Waals surface area contributed by atoms with E-state index in [1.807, 2.05) is 0 Å². The van der Waals surface area contributed by atoms with Crippen molar-refractivity contribution in [1.29, 1.82) is 0 Å². The number of nitrogens with zero attached hydrogens (tertiary/aromatic N) is 2. The molecule has 1 rings (SSSR count). The fourth-order valence-electron chi connectivity index (χ4n) is 1.23. The molecule has 18 heavy (non-hydrogen) atoms. The average Bonchev–Trinajstić information content (AvgIpc) is 2.37. The molecule has 0 bridgehead atoms. The van der Waals surface area contributed by atoms with Gasteiger partial charge in [0.2, 0.25) is 5.91 Å². The molecule has 2 N–H and O–H groups in total. The number of aromatic nitrogens is 1. The molecule has 7 heteroatoms. The maximum Gasteiger partial charge on any atom is 0.354 e. The largest absolute Gasteiger partial charge is 0.477 e. The van der Waals surface area contributed by atoms with Crippen LogP contribution in [0.4, 0.5) is 0 Å². The first-order valence-electron chi connectivity index (χ1n) is 5.12. The summed E-state index contributed by atoms with van der Waals surface area (Å²) in [5, 5.41) is 11.1. The maximum absolute atomic E-state index is 11.9. The molecule has 0 aliphatic rings. The molecule has 0 unspecified atom stereocenters. The van der Waals surface area contributed by atoms with Gasteiger partial charge in [0, 0.05) is 14.1 Å². The number of carboxylic acid groups (broad SMARTS) is 1. The number of carbonyl (C=O) groups is 3. The highest BCUT2D eigenvalue weighted by Crippen LogP contribution is 2.03. The van der Waals surface area contributed by atoms with Crippen LogP contribution in [0, 0.1) is 0 Å². The average molecular weight is 251 g/mol. The van der Waals surface area contributed by atoms with Gasteiger partial charge in [-0.3, -0.25) is 9.59 Å². The quantitative estimate of drug-likeness (QED) is 0.758. The van der Waals surface area contributed by atoms with Gasteiger partial charge in [-0.15, -0.1) is 0 Å². The normalized spacial score (nSPS) is 9.67. The van der Waals surface area contributed by atoms with E-state index in [-0.39, 0.29) is 23.8 Å². The highest BCUT2D eigenvalue weighted by atomic mass is 16.4. The Bertz CT molecular complexity index is 487. The minimum Gasteiger partial charge on any atom is -0.477 e. The van der Waals surface area contributed by atoms with Crippen LogP contribution >= 0.6 is 0 Å². The predicted molar refractivity (Wildman–Crippen MR) is 62.2 cm³/mol. The number of rotatable bonds is 4. The standard InChI is InChI=1S/C11H13N3O4/c1-12-9(15)6-14(2)10(16)7-4-3-5-8(13-7)11(17)18/h3-5H,6H2,1-2H3,(H,12,15)(H,17,18). The van der Waals surface area contributed by atoms with Crippen LogP contribution in [0.25, 0.3) is 0 Å². The molecule has 1 aromatic heterocycles. The number of hydrogen-bond donors (Lipinski definition) is 2. The van der Waals surface area contributed by atoms with E-state index in [2.05, 4.69) is 10.3 Å². The Morgan fingerprint density at radius 1 is 1.33 bits per heavy atom. The van der Waals surface area contributed by atoms with Crippen molar-refractivity contribution in [2.45, 2.75) is 0 Å². The van der Waals surface area contributed by atoms with Crippen LogP contribution in [0.15, 0.2) is 18.2 Å². The minimum absolute atomic E-state index is 0.0127. The number of amides is 2. The highest BCUT2D eigenvalue weighted by Gasteiger charge is 2.17. The lowest BCUT2D eigenvalue weighted by Gasteiger charge is -2.15. The smallest absolute Gasteiger partial charge is 0.354 e. The number of aromatic carboxylic acids is 1. The van der Waals surface area contributed by atoms with Gasteiger partial charge in [0.15, 0.2) is 0 Å². The van der Waals surface area contributed by atoms with Crippen molar-refractivity contribution < 1.29 is 19.5 Å². The van der Waals surface area contributed by atoms with E-state index < -0.39 is 11.9 Å². The molecule has 2 amide bonds. The Kier molecular flexibility index (Phi) is 4.36. The van der Waals surface area contributed by atoms with Gasteiger partial charge >= 0.3 is 5.97 Å². The molecule has 0 aliphatic heterocycles. The maximum atomic E-state index is 11.9. The Labute approximate surface area is 103 Å². The number of carboxylic acids is 1. The Balaban J connectivity index is 2.86. The molecule has 0 aliphatic carbocycles. The number of carbonyl (C=O) groups excluding carboxylic acids is 2. The Hall–Kier alpha value is -2.44. The molecule has 0 spiro atoms. The monoisotopic (exact) mass is 251 g/mol. The SMILES string of the molecule is CNC(=O)CN(C)C(=O)c1cccc(C(=O)O)n1. The van der Waals surface area contributed by atoms with Gasteiger partial charge in [0.05, 0.1) is 6.54 Å². The lowest BCUT2D eigenvalue weighted by atomic mass is 10.2. The second-order valence-electron chi connectivity index (χ2n) is 3.55. The van der Waals surface area contributed by atoms with E-state index in [4.69, 9.17) is 5.11 Å². The third kappa shape index (κ3) is 3.27. The first kappa shape index (κ1) is 13.6. The molecule has 0 fully saturated rings. The van der Waals surface area contributed by atoms with Gasteiger partial charge in [0.25, 0.3) is 5.91 Å². The van der Waals surface area contributed by atoms with E-state index in [0.29, 0.717) is 0 Å². The predicted octanol–water partition coefficient (Wildman–Crippen LogP) is -0.402. The van der Waals surface area contributed by atoms with Crippen molar-refractivity contribution in [3.8, 4) is 0 Å². The van der Waals surface area contributed by atoms with Gasteiger partial charge in [-0.05, 0) is 12.1 Å². The first-order valence-corrected chi connectivity index (χ1v) is 5.12. The van der Waals surface area contributed by atoms with Crippen molar-refractivity contribution in [1.82, 2.24) is 15.2 Å². The van der Waals surface area contributed by atoms with Crippen LogP contribution in [-0.2, 0) is 4.79 Å². The van der Waals surface area contributed by atoms with E-state index in [1.165, 1.54) is 32.3 Å². The summed E-state index contributed by atoms with van der Waals surface area (Å²) in [6, 6.07) is 4.12. The summed E-state index contributed by atoms with van der Waals surface area (Å²) >= 11 is 0. The summed E-state index contributed by atoms with van der Waals surface area (Å²) in [5.41, 5.74) is -0.226. The van der Waals surface area contributed by atoms with Gasteiger partial charge in [0.1, 0.15) is 11.4 Å². The van der Waals surface area contributed by atoms with E-state index >= 15 is 0 Å². The zero-order valence-electron chi connectivity index (χ0n) is 10.0. The molecule has 0 radical (unpaired) electrons. The Morgan fingerprint density at radius 3 is 2.50 bits per heavy atom. The van der Waals surface area contributed by atoms with Crippen LogP contribution in [0.5, 0.6) is 0 Å². The van der Waals surface area contributed by atoms with Gasteiger partial charge in [-0.2, -0.15) is 0 Å². The lowest BCUT2D eigenvalue weighted by molar-refractivity contribution is -0.121. The van der Waals surface area contributed by atoms with Crippen LogP contribution in [-0.4, -0.2) is 53.4 Å². The van der Waals surface area contributed by atoms with E-state index in [0.717, 1.165) is 4.90 Å². The summed E-state index contributed by atoms with van der Waals surface area (Å²) < 4.78 is 0. The van der Waals surface area contributed by atoms with E-state index in [9.17, 15) is 14.4 Å². The molecular weight excluding hydrogens is 238 g/mol. The molecule has 1 heterocycles. The molecule has 0 saturated carbocycles. The third-order valence-electron chi connectivity index (χ3n) is 2.19. The zero-order chi connectivity index (χ0) is 13.7. The van der Waals surface area contributed by atoms with Crippen molar-refractivity contribution in [2.24, 2.45) is 0 Å². The van der Waals surface area contributed by atoms with Crippen molar-refractivity contribution in [3.05, 3.63) is 29.6 Å². The molecule has 0 saturated heterocycles. The molecule has 7 nitrogen and oxygen atoms in total. The van der Waals surface area contributed by atoms with Gasteiger partial charge in [-0.1, -0.05) is 6.07 Å². The fourth-order valence-corrected chi connectivity index (χ4v) is 1.23. The lowest BCUT2D eigenvalue weighted by Crippen LogP contribution is -2.37. The Morgan fingerprint density at radius 2 is 1.94 bits per heavy atom. The molecule has 0 aromatic carbocycles. The summed E-state index contributed by atoms with van der Waals surface area (Å²) in [4.78, 5) is 38.6.